The summed E-state index contributed by atoms with van der Waals surface area (Å²) in [6.07, 6.45) is -11.1. The van der Waals surface area contributed by atoms with Crippen LogP contribution in [-0.2, 0) is 0 Å². The van der Waals surface area contributed by atoms with E-state index in [1.807, 2.05) is 4.91 Å². The molecule has 0 aliphatic heterocycles. The van der Waals surface area contributed by atoms with Crippen LogP contribution in [0.15, 0.2) is 5.11 Å². The molecule has 0 spiro atoms. The van der Waals surface area contributed by atoms with Crippen molar-refractivity contribution >= 4 is 0 Å². The van der Waals surface area contributed by atoms with Gasteiger partial charge in [0.05, 0.1) is 0 Å². The van der Waals surface area contributed by atoms with Gasteiger partial charge in [-0.3, -0.25) is 0 Å². The van der Waals surface area contributed by atoms with Crippen molar-refractivity contribution in [1.29, 1.82) is 0 Å². The van der Waals surface area contributed by atoms with E-state index in [2.05, 4.69) is 5.11 Å². The van der Waals surface area contributed by atoms with Gasteiger partial charge in [-0.05, 0) is 12.0 Å². The maximum absolute atomic E-state index is 13.1. The Balaban J connectivity index is 5.90. The monoisotopic (exact) mass is 403 g/mol. The highest BCUT2D eigenvalue weighted by Crippen LogP contribution is 2.60. The molecule has 0 radical (unpaired) electrons. The van der Waals surface area contributed by atoms with E-state index in [0.29, 0.717) is 0 Å². The van der Waals surface area contributed by atoms with Crippen LogP contribution in [0.3, 0.4) is 0 Å². The van der Waals surface area contributed by atoms with Crippen LogP contribution in [0.25, 0.3) is 10.4 Å². The van der Waals surface area contributed by atoms with Crippen molar-refractivity contribution in [2.75, 3.05) is 6.54 Å². The molecule has 0 aromatic heterocycles. The van der Waals surface area contributed by atoms with Gasteiger partial charge >= 0.3 is 35.8 Å². The third-order valence-electron chi connectivity index (χ3n) is 2.81. The van der Waals surface area contributed by atoms with Crippen molar-refractivity contribution in [2.45, 2.75) is 48.6 Å². The van der Waals surface area contributed by atoms with Crippen molar-refractivity contribution in [3.05, 3.63) is 10.4 Å². The van der Waals surface area contributed by atoms with Gasteiger partial charge in [-0.15, -0.1) is 0 Å². The summed E-state index contributed by atoms with van der Waals surface area (Å²) in [5.74, 6) is -36.8. The Kier molecular flexibility index (Phi) is 6.19. The number of hydrogen-bond acceptors (Lipinski definition) is 1. The van der Waals surface area contributed by atoms with Gasteiger partial charge in [-0.1, -0.05) is 5.11 Å². The minimum Gasteiger partial charge on any atom is -0.200 e. The van der Waals surface area contributed by atoms with E-state index in [1.165, 1.54) is 0 Å². The predicted molar refractivity (Wildman–Crippen MR) is 54.0 cm³/mol. The molecule has 0 aliphatic carbocycles. The molecule has 148 valence electrons. The Labute approximate surface area is 129 Å². The summed E-state index contributed by atoms with van der Waals surface area (Å²) in [7, 11) is 0. The summed E-state index contributed by atoms with van der Waals surface area (Å²) >= 11 is 0. The normalized spacial score (nSPS) is 15.1. The molecule has 0 unspecified atom stereocenters. The van der Waals surface area contributed by atoms with E-state index in [-0.39, 0.29) is 0 Å². The Morgan fingerprint density at radius 2 is 1.04 bits per heavy atom. The third kappa shape index (κ3) is 3.67. The van der Waals surface area contributed by atoms with Gasteiger partial charge in [0.15, 0.2) is 0 Å². The number of alkyl halides is 13. The zero-order chi connectivity index (χ0) is 20.5. The largest absolute Gasteiger partial charge is 0.460 e. The standard InChI is InChI=1S/C9H6F13N3/c10-4(11,2-1-3-24-25-23)5(12,13)6(14,15)7(16,17)8(18,19)9(20,21)22/h1-3H2. The zero-order valence-corrected chi connectivity index (χ0v) is 11.4. The molecule has 25 heavy (non-hydrogen) atoms. The summed E-state index contributed by atoms with van der Waals surface area (Å²) in [6.45, 7) is -0.983. The van der Waals surface area contributed by atoms with Crippen LogP contribution >= 0.6 is 0 Å². The molecule has 0 atom stereocenters. The quantitative estimate of drug-likeness (QED) is 0.161. The van der Waals surface area contributed by atoms with E-state index in [0.717, 1.165) is 0 Å². The Morgan fingerprint density at radius 3 is 1.40 bits per heavy atom. The highest BCUT2D eigenvalue weighted by molar-refractivity contribution is 5.10. The average Bonchev–Trinajstić information content (AvgIpc) is 2.41. The second-order valence-corrected chi connectivity index (χ2v) is 4.56. The number of rotatable bonds is 8. The number of halogens is 13. The van der Waals surface area contributed by atoms with Gasteiger partial charge < -0.3 is 0 Å². The number of nitrogens with zero attached hydrogens (tertiary/aromatic N) is 3. The molecular formula is C9H6F13N3. The van der Waals surface area contributed by atoms with Gasteiger partial charge in [-0.2, -0.15) is 57.1 Å². The molecule has 0 saturated carbocycles. The molecule has 0 aromatic rings. The van der Waals surface area contributed by atoms with Crippen molar-refractivity contribution < 1.29 is 57.1 Å². The second kappa shape index (κ2) is 6.61. The molecule has 0 amide bonds. The minimum atomic E-state index is -7.89. The van der Waals surface area contributed by atoms with Gasteiger partial charge in [0.2, 0.25) is 0 Å². The van der Waals surface area contributed by atoms with Crippen LogP contribution in [0, 0.1) is 0 Å². The summed E-state index contributed by atoms with van der Waals surface area (Å²) in [5, 5.41) is 2.54. The summed E-state index contributed by atoms with van der Waals surface area (Å²) in [6, 6.07) is 0. The van der Waals surface area contributed by atoms with Crippen molar-refractivity contribution in [1.82, 2.24) is 0 Å². The maximum atomic E-state index is 13.1. The van der Waals surface area contributed by atoms with Gasteiger partial charge in [0, 0.05) is 17.9 Å². The molecule has 3 nitrogen and oxygen atoms in total. The van der Waals surface area contributed by atoms with E-state index in [9.17, 15) is 57.1 Å². The molecule has 0 fully saturated rings. The molecule has 16 heteroatoms. The van der Waals surface area contributed by atoms with Crippen LogP contribution in [0.2, 0.25) is 0 Å². The lowest BCUT2D eigenvalue weighted by atomic mass is 9.92. The first-order valence-corrected chi connectivity index (χ1v) is 5.78. The fraction of sp³-hybridized carbons (Fsp3) is 1.00. The van der Waals surface area contributed by atoms with Crippen LogP contribution in [0.1, 0.15) is 12.8 Å². The fourth-order valence-corrected chi connectivity index (χ4v) is 1.38. The first kappa shape index (κ1) is 23.4. The van der Waals surface area contributed by atoms with E-state index in [1.54, 1.807) is 0 Å². The molecule has 0 bridgehead atoms. The Morgan fingerprint density at radius 1 is 0.640 bits per heavy atom. The molecular weight excluding hydrogens is 397 g/mol. The molecule has 0 heterocycles. The van der Waals surface area contributed by atoms with Crippen molar-refractivity contribution in [3.63, 3.8) is 0 Å². The maximum Gasteiger partial charge on any atom is 0.460 e. The highest BCUT2D eigenvalue weighted by Gasteiger charge is 2.90. The molecule has 0 N–H and O–H groups in total. The minimum absolute atomic E-state index is 0.983. The van der Waals surface area contributed by atoms with Gasteiger partial charge in [0.25, 0.3) is 0 Å². The molecule has 0 rings (SSSR count). The highest BCUT2D eigenvalue weighted by atomic mass is 19.4. The van der Waals surface area contributed by atoms with E-state index < -0.39 is 55.2 Å². The van der Waals surface area contributed by atoms with E-state index >= 15 is 0 Å². The summed E-state index contributed by atoms with van der Waals surface area (Å²) < 4.78 is 165. The average molecular weight is 403 g/mol. The number of hydrogen-bond donors (Lipinski definition) is 0. The summed E-state index contributed by atoms with van der Waals surface area (Å²) in [5.41, 5.74) is 7.77. The predicted octanol–water partition coefficient (Wildman–Crippen LogP) is 5.82. The van der Waals surface area contributed by atoms with Crippen LogP contribution in [0.5, 0.6) is 0 Å². The topological polar surface area (TPSA) is 48.8 Å². The molecule has 0 aromatic carbocycles. The number of azide groups is 1. The first-order chi connectivity index (χ1) is 10.8. The van der Waals surface area contributed by atoms with Crippen molar-refractivity contribution in [2.24, 2.45) is 5.11 Å². The lowest BCUT2D eigenvalue weighted by Crippen LogP contribution is -2.70. The van der Waals surface area contributed by atoms with Crippen LogP contribution in [-0.4, -0.2) is 42.3 Å². The first-order valence-electron chi connectivity index (χ1n) is 5.78. The van der Waals surface area contributed by atoms with Crippen LogP contribution in [0.4, 0.5) is 57.1 Å². The van der Waals surface area contributed by atoms with Gasteiger partial charge in [-0.25, -0.2) is 0 Å². The smallest absolute Gasteiger partial charge is 0.200 e. The molecule has 0 saturated heterocycles. The lowest BCUT2D eigenvalue weighted by molar-refractivity contribution is -0.440. The van der Waals surface area contributed by atoms with Crippen molar-refractivity contribution in [3.8, 4) is 0 Å². The Bertz CT molecular complexity index is 517. The second-order valence-electron chi connectivity index (χ2n) is 4.56. The fourth-order valence-electron chi connectivity index (χ4n) is 1.38. The Hall–Kier alpha value is -1.60. The molecule has 0 aliphatic rings. The third-order valence-corrected chi connectivity index (χ3v) is 2.81. The van der Waals surface area contributed by atoms with Crippen LogP contribution < -0.4 is 0 Å². The lowest BCUT2D eigenvalue weighted by Gasteiger charge is -2.39. The zero-order valence-electron chi connectivity index (χ0n) is 11.4. The van der Waals surface area contributed by atoms with E-state index in [4.69, 9.17) is 5.53 Å². The summed E-state index contributed by atoms with van der Waals surface area (Å²) in [4.78, 5) is 1.97. The van der Waals surface area contributed by atoms with Gasteiger partial charge in [0.1, 0.15) is 0 Å². The SMILES string of the molecule is [N-]=[N+]=NCCCC(F)(F)C(F)(F)C(F)(F)C(F)(F)C(F)(F)C(F)(F)F.